The smallest absolute Gasteiger partial charge is 0.119 e. The van der Waals surface area contributed by atoms with Crippen molar-refractivity contribution >= 4 is 6.08 Å². The van der Waals surface area contributed by atoms with Crippen LogP contribution in [0.1, 0.15) is 12.6 Å². The summed E-state index contributed by atoms with van der Waals surface area (Å²) >= 11 is 0. The van der Waals surface area contributed by atoms with Crippen molar-refractivity contribution in [1.82, 2.24) is 4.98 Å². The molecule has 0 unspecified atom stereocenters. The lowest BCUT2D eigenvalue weighted by molar-refractivity contribution is 0.340. The minimum Gasteiger partial charge on any atom is -0.494 e. The Kier molecular flexibility index (Phi) is 3.55. The Morgan fingerprint density at radius 1 is 1.24 bits per heavy atom. The molecule has 0 bridgehead atoms. The van der Waals surface area contributed by atoms with E-state index >= 15 is 0 Å². The summed E-state index contributed by atoms with van der Waals surface area (Å²) in [4.78, 5) is 4.28. The van der Waals surface area contributed by atoms with E-state index in [9.17, 15) is 0 Å². The zero-order valence-corrected chi connectivity index (χ0v) is 9.89. The van der Waals surface area contributed by atoms with Gasteiger partial charge in [-0.25, -0.2) is 0 Å². The van der Waals surface area contributed by atoms with Crippen LogP contribution >= 0.6 is 0 Å². The van der Waals surface area contributed by atoms with Gasteiger partial charge in [0.05, 0.1) is 12.3 Å². The molecule has 0 N–H and O–H groups in total. The molecule has 1 aromatic heterocycles. The molecule has 0 spiro atoms. The van der Waals surface area contributed by atoms with Gasteiger partial charge in [-0.1, -0.05) is 24.8 Å². The van der Waals surface area contributed by atoms with E-state index in [1.807, 2.05) is 43.3 Å². The molecule has 2 aromatic rings. The second-order valence-corrected chi connectivity index (χ2v) is 3.60. The molecule has 2 nitrogen and oxygen atoms in total. The van der Waals surface area contributed by atoms with E-state index in [1.54, 1.807) is 12.3 Å². The molecule has 0 radical (unpaired) electrons. The number of pyridine rings is 1. The van der Waals surface area contributed by atoms with E-state index in [-0.39, 0.29) is 0 Å². The Bertz CT molecular complexity index is 503. The van der Waals surface area contributed by atoms with E-state index in [4.69, 9.17) is 4.74 Å². The van der Waals surface area contributed by atoms with Crippen LogP contribution < -0.4 is 4.74 Å². The van der Waals surface area contributed by atoms with Gasteiger partial charge in [-0.3, -0.25) is 4.98 Å². The van der Waals surface area contributed by atoms with E-state index < -0.39 is 0 Å². The third-order valence-corrected chi connectivity index (χ3v) is 2.51. The molecule has 0 atom stereocenters. The summed E-state index contributed by atoms with van der Waals surface area (Å²) in [6.45, 7) is 6.44. The average Bonchev–Trinajstić information content (AvgIpc) is 2.40. The van der Waals surface area contributed by atoms with Gasteiger partial charge in [-0.05, 0) is 36.8 Å². The van der Waals surface area contributed by atoms with Gasteiger partial charge in [-0.15, -0.1) is 0 Å². The molecule has 0 fully saturated rings. The van der Waals surface area contributed by atoms with Crippen LogP contribution in [-0.2, 0) is 0 Å². The van der Waals surface area contributed by atoms with Crippen molar-refractivity contribution in [2.24, 2.45) is 0 Å². The summed E-state index contributed by atoms with van der Waals surface area (Å²) < 4.78 is 5.42. The van der Waals surface area contributed by atoms with Gasteiger partial charge in [0.15, 0.2) is 0 Å². The van der Waals surface area contributed by atoms with E-state index in [0.29, 0.717) is 6.61 Å². The Morgan fingerprint density at radius 3 is 2.65 bits per heavy atom. The van der Waals surface area contributed by atoms with E-state index in [1.165, 1.54) is 0 Å². The van der Waals surface area contributed by atoms with Crippen LogP contribution in [-0.4, -0.2) is 11.6 Å². The molecule has 86 valence electrons. The summed E-state index contributed by atoms with van der Waals surface area (Å²) in [6, 6.07) is 12.0. The Morgan fingerprint density at radius 2 is 2.00 bits per heavy atom. The molecular formula is C15H15NO. The number of nitrogens with zero attached hydrogens (tertiary/aromatic N) is 1. The van der Waals surface area contributed by atoms with Crippen LogP contribution in [0.2, 0.25) is 0 Å². The second kappa shape index (κ2) is 5.30. The maximum atomic E-state index is 5.42. The first-order chi connectivity index (χ1) is 8.35. The lowest BCUT2D eigenvalue weighted by atomic mass is 10.0. The van der Waals surface area contributed by atoms with Crippen molar-refractivity contribution in [1.29, 1.82) is 0 Å². The van der Waals surface area contributed by atoms with Crippen LogP contribution in [0.15, 0.2) is 49.2 Å². The summed E-state index contributed by atoms with van der Waals surface area (Å²) in [5.74, 6) is 0.889. The van der Waals surface area contributed by atoms with Crippen molar-refractivity contribution in [3.8, 4) is 16.9 Å². The maximum Gasteiger partial charge on any atom is 0.119 e. The fourth-order valence-corrected chi connectivity index (χ4v) is 1.72. The second-order valence-electron chi connectivity index (χ2n) is 3.60. The first kappa shape index (κ1) is 11.4. The number of hydrogen-bond acceptors (Lipinski definition) is 2. The molecule has 0 saturated carbocycles. The third-order valence-electron chi connectivity index (χ3n) is 2.51. The number of aromatic nitrogens is 1. The molecule has 17 heavy (non-hydrogen) atoms. The quantitative estimate of drug-likeness (QED) is 0.789. The van der Waals surface area contributed by atoms with Crippen molar-refractivity contribution in [2.75, 3.05) is 6.61 Å². The van der Waals surface area contributed by atoms with Crippen molar-refractivity contribution < 1.29 is 4.74 Å². The molecule has 0 aliphatic carbocycles. The minimum absolute atomic E-state index is 0.685. The molecule has 2 rings (SSSR count). The minimum atomic E-state index is 0.685. The maximum absolute atomic E-state index is 5.42. The van der Waals surface area contributed by atoms with Gasteiger partial charge in [0.1, 0.15) is 5.75 Å². The molecule has 0 saturated heterocycles. The van der Waals surface area contributed by atoms with Gasteiger partial charge in [0.25, 0.3) is 0 Å². The molecule has 0 aliphatic heterocycles. The summed E-state index contributed by atoms with van der Waals surface area (Å²) in [5, 5.41) is 0. The number of rotatable bonds is 4. The van der Waals surface area contributed by atoms with E-state index in [2.05, 4.69) is 11.6 Å². The number of benzene rings is 1. The monoisotopic (exact) mass is 225 g/mol. The fourth-order valence-electron chi connectivity index (χ4n) is 1.72. The normalized spacial score (nSPS) is 9.94. The summed E-state index contributed by atoms with van der Waals surface area (Å²) in [6.07, 6.45) is 3.54. The SMILES string of the molecule is C=Cc1ncccc1-c1ccc(OCC)cc1. The molecule has 0 aliphatic rings. The number of ether oxygens (including phenoxy) is 1. The molecular weight excluding hydrogens is 210 g/mol. The van der Waals surface area contributed by atoms with Gasteiger partial charge >= 0.3 is 0 Å². The predicted octanol–water partition coefficient (Wildman–Crippen LogP) is 3.79. The largest absolute Gasteiger partial charge is 0.494 e. The first-order valence-corrected chi connectivity index (χ1v) is 5.66. The van der Waals surface area contributed by atoms with Crippen LogP contribution in [0, 0.1) is 0 Å². The van der Waals surface area contributed by atoms with Gasteiger partial charge in [0, 0.05) is 11.8 Å². The van der Waals surface area contributed by atoms with Crippen LogP contribution in [0.25, 0.3) is 17.2 Å². The van der Waals surface area contributed by atoms with Crippen molar-refractivity contribution in [2.45, 2.75) is 6.92 Å². The Balaban J connectivity index is 2.36. The lowest BCUT2D eigenvalue weighted by Crippen LogP contribution is -1.91. The molecule has 1 aromatic carbocycles. The average molecular weight is 225 g/mol. The van der Waals surface area contributed by atoms with E-state index in [0.717, 1.165) is 22.6 Å². The van der Waals surface area contributed by atoms with Gasteiger partial charge in [-0.2, -0.15) is 0 Å². The van der Waals surface area contributed by atoms with Gasteiger partial charge in [0.2, 0.25) is 0 Å². The van der Waals surface area contributed by atoms with Crippen molar-refractivity contribution in [3.63, 3.8) is 0 Å². The van der Waals surface area contributed by atoms with Crippen molar-refractivity contribution in [3.05, 3.63) is 54.9 Å². The first-order valence-electron chi connectivity index (χ1n) is 5.66. The van der Waals surface area contributed by atoms with Crippen LogP contribution in [0.3, 0.4) is 0 Å². The summed E-state index contributed by atoms with van der Waals surface area (Å²) in [5.41, 5.74) is 3.11. The third kappa shape index (κ3) is 2.53. The number of hydrogen-bond donors (Lipinski definition) is 0. The fraction of sp³-hybridized carbons (Fsp3) is 0.133. The molecule has 2 heteroatoms. The highest BCUT2D eigenvalue weighted by molar-refractivity contribution is 5.72. The standard InChI is InChI=1S/C15H15NO/c1-3-15-14(6-5-11-16-15)12-7-9-13(10-8-12)17-4-2/h3,5-11H,1,4H2,2H3. The molecule has 0 amide bonds. The Labute approximate surface area is 102 Å². The zero-order chi connectivity index (χ0) is 12.1. The highest BCUT2D eigenvalue weighted by Gasteiger charge is 2.03. The lowest BCUT2D eigenvalue weighted by Gasteiger charge is -2.07. The van der Waals surface area contributed by atoms with Crippen LogP contribution in [0.5, 0.6) is 5.75 Å². The topological polar surface area (TPSA) is 22.1 Å². The summed E-state index contributed by atoms with van der Waals surface area (Å²) in [7, 11) is 0. The Hall–Kier alpha value is -2.09. The van der Waals surface area contributed by atoms with Gasteiger partial charge < -0.3 is 4.74 Å². The zero-order valence-electron chi connectivity index (χ0n) is 9.89. The highest BCUT2D eigenvalue weighted by atomic mass is 16.5. The predicted molar refractivity (Wildman–Crippen MR) is 70.9 cm³/mol. The highest BCUT2D eigenvalue weighted by Crippen LogP contribution is 2.25. The van der Waals surface area contributed by atoms with Crippen LogP contribution in [0.4, 0.5) is 0 Å². The molecule has 1 heterocycles.